The highest BCUT2D eigenvalue weighted by molar-refractivity contribution is 6.06. The van der Waals surface area contributed by atoms with Crippen LogP contribution in [0.5, 0.6) is 5.75 Å². The first-order valence-electron chi connectivity index (χ1n) is 5.18. The van der Waals surface area contributed by atoms with Gasteiger partial charge in [-0.3, -0.25) is 5.41 Å². The molecule has 1 heterocycles. The summed E-state index contributed by atoms with van der Waals surface area (Å²) in [6.45, 7) is 2.39. The summed E-state index contributed by atoms with van der Waals surface area (Å²) in [6, 6.07) is 3.78. The molecule has 1 aromatic carbocycles. The topological polar surface area (TPSA) is 85.7 Å². The zero-order valence-corrected chi connectivity index (χ0v) is 10.5. The lowest BCUT2D eigenvalue weighted by atomic mass is 9.98. The van der Waals surface area contributed by atoms with Crippen LogP contribution in [0, 0.1) is 17.1 Å². The fourth-order valence-electron chi connectivity index (χ4n) is 1.81. The van der Waals surface area contributed by atoms with E-state index in [9.17, 15) is 9.50 Å². The number of hydrazone groups is 1. The molecule has 1 aliphatic heterocycles. The normalized spacial score (nSPS) is 18.2. The molecule has 0 spiro atoms. The molecule has 4 N–H and O–H groups in total. The minimum atomic E-state index is -0.499. The van der Waals surface area contributed by atoms with Gasteiger partial charge in [0.15, 0.2) is 0 Å². The molecule has 7 heteroatoms. The molecule has 0 fully saturated rings. The second kappa shape index (κ2) is 5.22. The summed E-state index contributed by atoms with van der Waals surface area (Å²) in [5.41, 5.74) is 6.43. The summed E-state index contributed by atoms with van der Waals surface area (Å²) < 4.78 is 12.9. The lowest BCUT2D eigenvalue weighted by molar-refractivity contribution is 0.448. The van der Waals surface area contributed by atoms with Crippen molar-refractivity contribution >= 4 is 24.1 Å². The molecule has 1 aromatic rings. The smallest absolute Gasteiger partial charge is 0.209 e. The maximum atomic E-state index is 12.9. The molecule has 18 heavy (non-hydrogen) atoms. The Kier molecular flexibility index (Phi) is 4.13. The number of nitrogens with one attached hydrogen (secondary N) is 1. The van der Waals surface area contributed by atoms with Gasteiger partial charge in [-0.05, 0) is 12.1 Å². The summed E-state index contributed by atoms with van der Waals surface area (Å²) in [7, 11) is 0. The van der Waals surface area contributed by atoms with E-state index in [2.05, 4.69) is 5.10 Å². The van der Waals surface area contributed by atoms with Crippen LogP contribution < -0.4 is 5.73 Å². The molecule has 0 saturated heterocycles. The van der Waals surface area contributed by atoms with E-state index in [0.717, 1.165) is 6.07 Å². The fraction of sp³-hybridized carbons (Fsp3) is 0.273. The maximum Gasteiger partial charge on any atom is 0.209 e. The van der Waals surface area contributed by atoms with Gasteiger partial charge in [0.25, 0.3) is 0 Å². The minimum Gasteiger partial charge on any atom is -0.507 e. The summed E-state index contributed by atoms with van der Waals surface area (Å²) in [5, 5.41) is 22.5. The highest BCUT2D eigenvalue weighted by Crippen LogP contribution is 2.26. The minimum absolute atomic E-state index is 0. The van der Waals surface area contributed by atoms with E-state index in [-0.39, 0.29) is 30.0 Å². The number of aromatic hydroxyl groups is 1. The number of halogens is 2. The van der Waals surface area contributed by atoms with Crippen LogP contribution in [-0.4, -0.2) is 28.3 Å². The number of nitrogens with two attached hydrogens (primary N) is 1. The number of guanidine groups is 1. The van der Waals surface area contributed by atoms with Crippen molar-refractivity contribution in [2.75, 3.05) is 6.54 Å². The average Bonchev–Trinajstić information content (AvgIpc) is 2.61. The van der Waals surface area contributed by atoms with Crippen molar-refractivity contribution in [1.29, 1.82) is 5.41 Å². The van der Waals surface area contributed by atoms with Gasteiger partial charge < -0.3 is 10.8 Å². The van der Waals surface area contributed by atoms with Crippen molar-refractivity contribution in [3.8, 4) is 5.75 Å². The molecular weight excluding hydrogens is 259 g/mol. The van der Waals surface area contributed by atoms with Crippen molar-refractivity contribution in [1.82, 2.24) is 5.01 Å². The Morgan fingerprint density at radius 3 is 2.78 bits per heavy atom. The second-order valence-corrected chi connectivity index (χ2v) is 4.02. The van der Waals surface area contributed by atoms with Gasteiger partial charge in [0, 0.05) is 17.5 Å². The summed E-state index contributed by atoms with van der Waals surface area (Å²) >= 11 is 0. The van der Waals surface area contributed by atoms with Crippen molar-refractivity contribution in [3.63, 3.8) is 0 Å². The standard InChI is InChI=1S/C11H13FN4O.ClH/c1-6-5-16(11(13)14)15-10(6)8-3-2-7(12)4-9(8)17;/h2-4,6,17H,5H2,1H3,(H3,13,14);1H/t6-;/m1./s1. The monoisotopic (exact) mass is 272 g/mol. The van der Waals surface area contributed by atoms with Crippen molar-refractivity contribution < 1.29 is 9.50 Å². The van der Waals surface area contributed by atoms with Gasteiger partial charge in [0.2, 0.25) is 5.96 Å². The molecule has 0 radical (unpaired) electrons. The van der Waals surface area contributed by atoms with E-state index in [0.29, 0.717) is 17.8 Å². The molecule has 0 unspecified atom stereocenters. The molecule has 0 aromatic heterocycles. The third-order valence-electron chi connectivity index (χ3n) is 2.66. The summed E-state index contributed by atoms with van der Waals surface area (Å²) in [4.78, 5) is 0. The molecule has 1 aliphatic rings. The van der Waals surface area contributed by atoms with Crippen LogP contribution in [0.4, 0.5) is 4.39 Å². The zero-order chi connectivity index (χ0) is 12.6. The van der Waals surface area contributed by atoms with E-state index in [1.807, 2.05) is 6.92 Å². The molecule has 1 atom stereocenters. The van der Waals surface area contributed by atoms with Crippen LogP contribution in [0.1, 0.15) is 12.5 Å². The number of phenols is 1. The van der Waals surface area contributed by atoms with Crippen molar-refractivity contribution in [2.45, 2.75) is 6.92 Å². The molecule has 0 bridgehead atoms. The van der Waals surface area contributed by atoms with Crippen molar-refractivity contribution in [3.05, 3.63) is 29.6 Å². The number of benzene rings is 1. The van der Waals surface area contributed by atoms with Crippen LogP contribution in [0.3, 0.4) is 0 Å². The van der Waals surface area contributed by atoms with Gasteiger partial charge in [-0.2, -0.15) is 5.10 Å². The molecule has 98 valence electrons. The number of hydrogen-bond donors (Lipinski definition) is 3. The largest absolute Gasteiger partial charge is 0.507 e. The summed E-state index contributed by atoms with van der Waals surface area (Å²) in [5.74, 6) is -0.773. The van der Waals surface area contributed by atoms with Gasteiger partial charge in [-0.15, -0.1) is 12.4 Å². The maximum absolute atomic E-state index is 12.9. The zero-order valence-electron chi connectivity index (χ0n) is 9.72. The highest BCUT2D eigenvalue weighted by atomic mass is 35.5. The van der Waals surface area contributed by atoms with E-state index >= 15 is 0 Å². The van der Waals surface area contributed by atoms with Crippen LogP contribution in [0.25, 0.3) is 0 Å². The first-order valence-corrected chi connectivity index (χ1v) is 5.18. The van der Waals surface area contributed by atoms with Crippen LogP contribution in [0.2, 0.25) is 0 Å². The number of hydrogen-bond acceptors (Lipinski definition) is 3. The van der Waals surface area contributed by atoms with Gasteiger partial charge >= 0.3 is 0 Å². The fourth-order valence-corrected chi connectivity index (χ4v) is 1.81. The average molecular weight is 273 g/mol. The lowest BCUT2D eigenvalue weighted by Gasteiger charge is -2.10. The van der Waals surface area contributed by atoms with Gasteiger partial charge in [0.05, 0.1) is 12.3 Å². The van der Waals surface area contributed by atoms with E-state index in [1.54, 1.807) is 0 Å². The molecular formula is C11H14ClFN4O. The molecule has 0 aliphatic carbocycles. The first kappa shape index (κ1) is 14.2. The molecule has 0 amide bonds. The van der Waals surface area contributed by atoms with Gasteiger partial charge in [-0.1, -0.05) is 6.92 Å². The first-order chi connectivity index (χ1) is 7.99. The van der Waals surface area contributed by atoms with E-state index in [1.165, 1.54) is 17.1 Å². The summed E-state index contributed by atoms with van der Waals surface area (Å²) in [6.07, 6.45) is 0. The predicted molar refractivity (Wildman–Crippen MR) is 69.6 cm³/mol. The van der Waals surface area contributed by atoms with E-state index in [4.69, 9.17) is 11.1 Å². The predicted octanol–water partition coefficient (Wildman–Crippen LogP) is 1.50. The van der Waals surface area contributed by atoms with Crippen LogP contribution in [0.15, 0.2) is 23.3 Å². The Hall–Kier alpha value is -1.82. The van der Waals surface area contributed by atoms with E-state index < -0.39 is 5.82 Å². The Bertz CT molecular complexity index is 506. The Morgan fingerprint density at radius 2 is 2.28 bits per heavy atom. The Balaban J connectivity index is 0.00000162. The number of nitrogens with zero attached hydrogens (tertiary/aromatic N) is 2. The molecule has 5 nitrogen and oxygen atoms in total. The third-order valence-corrected chi connectivity index (χ3v) is 2.66. The Morgan fingerprint density at radius 1 is 1.61 bits per heavy atom. The highest BCUT2D eigenvalue weighted by Gasteiger charge is 2.27. The second-order valence-electron chi connectivity index (χ2n) is 4.02. The lowest BCUT2D eigenvalue weighted by Crippen LogP contribution is -2.31. The molecule has 0 saturated carbocycles. The van der Waals surface area contributed by atoms with Gasteiger partial charge in [-0.25, -0.2) is 9.40 Å². The SMILES string of the molecule is C[C@@H]1CN(C(=N)N)N=C1c1ccc(F)cc1O.Cl. The van der Waals surface area contributed by atoms with Crippen LogP contribution >= 0.6 is 12.4 Å². The van der Waals surface area contributed by atoms with Crippen LogP contribution in [-0.2, 0) is 0 Å². The molecule has 2 rings (SSSR count). The van der Waals surface area contributed by atoms with Gasteiger partial charge in [0.1, 0.15) is 11.6 Å². The quantitative estimate of drug-likeness (QED) is 0.535. The Labute approximate surface area is 110 Å². The third kappa shape index (κ3) is 2.53. The number of phenolic OH excluding ortho intramolecular Hbond substituents is 1. The number of rotatable bonds is 1. The van der Waals surface area contributed by atoms with Crippen molar-refractivity contribution in [2.24, 2.45) is 16.8 Å².